The molecule has 4 rings (SSSR count). The number of nitrogens with two attached hydrogens (primary N) is 1. The van der Waals surface area contributed by atoms with Crippen LogP contribution in [0.2, 0.25) is 0 Å². The van der Waals surface area contributed by atoms with Crippen molar-refractivity contribution in [3.05, 3.63) is 117 Å². The first-order chi connectivity index (χ1) is 22.0. The number of amidine groups is 1. The molecule has 0 aliphatic carbocycles. The van der Waals surface area contributed by atoms with Crippen LogP contribution in [0.4, 0.5) is 5.95 Å². The first kappa shape index (κ1) is 36.1. The SMILES string of the molecule is CC.CC.CCCc1nc(N)n(CC(=NC)c2ccccc2)c(=O)c1Cc1ccc(-c2ccccc2C(=NC)NOC=O)cc1. The number of aryl methyl sites for hydroxylation is 1. The maximum atomic E-state index is 13.8. The summed E-state index contributed by atoms with van der Waals surface area (Å²) in [6.45, 7) is 10.6. The van der Waals surface area contributed by atoms with E-state index in [4.69, 9.17) is 10.6 Å². The molecule has 3 aromatic carbocycles. The van der Waals surface area contributed by atoms with Gasteiger partial charge in [0.2, 0.25) is 5.95 Å². The molecular formula is C36H46N6O3. The molecule has 9 heteroatoms. The van der Waals surface area contributed by atoms with E-state index in [0.717, 1.165) is 45.6 Å². The van der Waals surface area contributed by atoms with Crippen LogP contribution in [0.1, 0.15) is 69.0 Å². The van der Waals surface area contributed by atoms with Crippen LogP contribution >= 0.6 is 0 Å². The second-order valence-electron chi connectivity index (χ2n) is 9.38. The van der Waals surface area contributed by atoms with Gasteiger partial charge in [-0.3, -0.25) is 24.1 Å². The number of nitrogens with zero attached hydrogens (tertiary/aromatic N) is 4. The Bertz CT molecular complexity index is 1610. The predicted octanol–water partition coefficient (Wildman–Crippen LogP) is 6.26. The number of hydroxylamine groups is 1. The van der Waals surface area contributed by atoms with E-state index in [0.29, 0.717) is 30.7 Å². The number of benzene rings is 3. The Morgan fingerprint density at radius 2 is 1.58 bits per heavy atom. The van der Waals surface area contributed by atoms with Crippen molar-refractivity contribution in [2.24, 2.45) is 9.98 Å². The molecule has 45 heavy (non-hydrogen) atoms. The highest BCUT2D eigenvalue weighted by Gasteiger charge is 2.18. The number of rotatable bonds is 11. The van der Waals surface area contributed by atoms with Crippen LogP contribution in [0.15, 0.2) is 93.6 Å². The summed E-state index contributed by atoms with van der Waals surface area (Å²) in [6, 6.07) is 25.4. The molecule has 0 aliphatic heterocycles. The zero-order valence-electron chi connectivity index (χ0n) is 27.5. The minimum atomic E-state index is -0.155. The van der Waals surface area contributed by atoms with Crippen molar-refractivity contribution in [2.45, 2.75) is 60.4 Å². The van der Waals surface area contributed by atoms with Crippen LogP contribution < -0.4 is 16.8 Å². The lowest BCUT2D eigenvalue weighted by Crippen LogP contribution is -2.32. The van der Waals surface area contributed by atoms with E-state index in [1.807, 2.05) is 107 Å². The molecule has 3 N–H and O–H groups in total. The Morgan fingerprint density at radius 1 is 0.933 bits per heavy atom. The summed E-state index contributed by atoms with van der Waals surface area (Å²) in [7, 11) is 3.33. The molecule has 0 amide bonds. The lowest BCUT2D eigenvalue weighted by molar-refractivity contribution is -0.132. The van der Waals surface area contributed by atoms with Gasteiger partial charge in [-0.05, 0) is 28.7 Å². The van der Waals surface area contributed by atoms with Gasteiger partial charge in [-0.1, -0.05) is 120 Å². The number of hydrogen-bond acceptors (Lipinski definition) is 7. The topological polar surface area (TPSA) is 124 Å². The average molecular weight is 611 g/mol. The number of carbonyl (C=O) groups is 1. The molecule has 0 saturated carbocycles. The van der Waals surface area contributed by atoms with Crippen molar-refractivity contribution in [2.75, 3.05) is 19.8 Å². The second kappa shape index (κ2) is 19.3. The maximum Gasteiger partial charge on any atom is 0.320 e. The molecular weight excluding hydrogens is 564 g/mol. The zero-order chi connectivity index (χ0) is 33.2. The number of hydrogen-bond donors (Lipinski definition) is 2. The fraction of sp³-hybridized carbons (Fsp3) is 0.306. The van der Waals surface area contributed by atoms with E-state index in [1.54, 1.807) is 14.1 Å². The Labute approximate surface area is 266 Å². The third-order valence-corrected chi connectivity index (χ3v) is 6.80. The summed E-state index contributed by atoms with van der Waals surface area (Å²) in [4.78, 5) is 42.5. The molecule has 0 atom stereocenters. The first-order valence-electron chi connectivity index (χ1n) is 15.4. The lowest BCUT2D eigenvalue weighted by Gasteiger charge is -2.16. The third-order valence-electron chi connectivity index (χ3n) is 6.80. The number of nitrogens with one attached hydrogen (secondary N) is 1. The molecule has 1 aromatic heterocycles. The van der Waals surface area contributed by atoms with Crippen molar-refractivity contribution in [1.82, 2.24) is 15.0 Å². The van der Waals surface area contributed by atoms with Gasteiger partial charge in [0.25, 0.3) is 5.56 Å². The van der Waals surface area contributed by atoms with Gasteiger partial charge in [0.1, 0.15) is 0 Å². The number of nitrogen functional groups attached to an aromatic ring is 1. The molecule has 0 radical (unpaired) electrons. The van der Waals surface area contributed by atoms with Crippen molar-refractivity contribution in [3.63, 3.8) is 0 Å². The molecule has 4 aromatic rings. The molecule has 9 nitrogen and oxygen atoms in total. The molecule has 0 aliphatic rings. The van der Waals surface area contributed by atoms with Gasteiger partial charge in [-0.25, -0.2) is 10.5 Å². The fourth-order valence-corrected chi connectivity index (χ4v) is 4.75. The van der Waals surface area contributed by atoms with Gasteiger partial charge < -0.3 is 10.6 Å². The Kier molecular flexibility index (Phi) is 15.5. The summed E-state index contributed by atoms with van der Waals surface area (Å²) in [6.07, 6.45) is 1.92. The summed E-state index contributed by atoms with van der Waals surface area (Å²) in [5.74, 6) is 0.617. The molecule has 0 spiro atoms. The van der Waals surface area contributed by atoms with Gasteiger partial charge in [0.15, 0.2) is 5.84 Å². The highest BCUT2D eigenvalue weighted by Crippen LogP contribution is 2.25. The average Bonchev–Trinajstić information content (AvgIpc) is 3.10. The highest BCUT2D eigenvalue weighted by molar-refractivity contribution is 6.04. The summed E-state index contributed by atoms with van der Waals surface area (Å²) in [5, 5.41) is 0. The largest absolute Gasteiger partial charge is 0.369 e. The van der Waals surface area contributed by atoms with Gasteiger partial charge in [0, 0.05) is 31.6 Å². The van der Waals surface area contributed by atoms with Crippen LogP contribution in [0.25, 0.3) is 11.1 Å². The van der Waals surface area contributed by atoms with Crippen molar-refractivity contribution >= 4 is 24.0 Å². The van der Waals surface area contributed by atoms with E-state index in [1.165, 1.54) is 4.57 Å². The lowest BCUT2D eigenvalue weighted by atomic mass is 9.96. The first-order valence-corrected chi connectivity index (χ1v) is 15.4. The van der Waals surface area contributed by atoms with E-state index in [-0.39, 0.29) is 18.1 Å². The predicted molar refractivity (Wildman–Crippen MR) is 186 cm³/mol. The molecule has 238 valence electrons. The van der Waals surface area contributed by atoms with Crippen molar-refractivity contribution in [1.29, 1.82) is 0 Å². The summed E-state index contributed by atoms with van der Waals surface area (Å²) < 4.78 is 1.51. The van der Waals surface area contributed by atoms with Gasteiger partial charge >= 0.3 is 6.47 Å². The standard InChI is InChI=1S/C32H34N6O3.2C2H6/c1-4-10-28-27(31(40)38(32(33)36-28)20-29(34-2)24-11-6-5-7-12-24)19-22-15-17-23(18-16-22)25-13-8-9-14-26(25)30(35-3)37-41-21-39;2*1-2/h5-9,11-18,21H,4,10,19-20H2,1-3H3,(H2,33,36)(H,35,37);2*1-2H3. The molecule has 0 unspecified atom stereocenters. The molecule has 0 fully saturated rings. The third kappa shape index (κ3) is 9.47. The summed E-state index contributed by atoms with van der Waals surface area (Å²) >= 11 is 0. The van der Waals surface area contributed by atoms with Crippen LogP contribution in [0.3, 0.4) is 0 Å². The minimum absolute atomic E-state index is 0.155. The second-order valence-corrected chi connectivity index (χ2v) is 9.38. The van der Waals surface area contributed by atoms with Crippen LogP contribution in [-0.4, -0.2) is 41.7 Å². The minimum Gasteiger partial charge on any atom is -0.369 e. The Hall–Kier alpha value is -5.05. The van der Waals surface area contributed by atoms with Gasteiger partial charge in [-0.15, -0.1) is 0 Å². The molecule has 0 saturated heterocycles. The summed E-state index contributed by atoms with van der Waals surface area (Å²) in [5.41, 5.74) is 15.4. The van der Waals surface area contributed by atoms with Crippen LogP contribution in [-0.2, 0) is 29.0 Å². The fourth-order valence-electron chi connectivity index (χ4n) is 4.75. The molecule has 0 bridgehead atoms. The molecule has 1 heterocycles. The van der Waals surface area contributed by atoms with E-state index in [9.17, 15) is 9.59 Å². The van der Waals surface area contributed by atoms with Gasteiger partial charge in [0.05, 0.1) is 18.0 Å². The van der Waals surface area contributed by atoms with Crippen LogP contribution in [0.5, 0.6) is 0 Å². The smallest absolute Gasteiger partial charge is 0.320 e. The zero-order valence-corrected chi connectivity index (χ0v) is 27.5. The van der Waals surface area contributed by atoms with E-state index >= 15 is 0 Å². The van der Waals surface area contributed by atoms with E-state index < -0.39 is 0 Å². The van der Waals surface area contributed by atoms with Gasteiger partial charge in [-0.2, -0.15) is 0 Å². The monoisotopic (exact) mass is 610 g/mol. The Morgan fingerprint density at radius 3 is 2.18 bits per heavy atom. The Balaban J connectivity index is 0.00000169. The normalized spacial score (nSPS) is 11.0. The number of aliphatic imine (C=N–C) groups is 2. The number of anilines is 1. The number of carbonyl (C=O) groups excluding carboxylic acids is 1. The quantitative estimate of drug-likeness (QED) is 0.0894. The number of aromatic nitrogens is 2. The van der Waals surface area contributed by atoms with Crippen molar-refractivity contribution < 1.29 is 9.63 Å². The van der Waals surface area contributed by atoms with Crippen LogP contribution in [0, 0.1) is 0 Å². The van der Waals surface area contributed by atoms with E-state index in [2.05, 4.69) is 27.4 Å². The van der Waals surface area contributed by atoms with Crippen molar-refractivity contribution in [3.8, 4) is 11.1 Å². The maximum absolute atomic E-state index is 13.8. The highest BCUT2D eigenvalue weighted by atomic mass is 16.7.